The van der Waals surface area contributed by atoms with E-state index in [1.807, 2.05) is 0 Å². The molecular formula is C46H35N3. The molecule has 10 rings (SSSR count). The Morgan fingerprint density at radius 1 is 0.490 bits per heavy atom. The Hall–Kier alpha value is -5.80. The zero-order valence-electron chi connectivity index (χ0n) is 28.1. The predicted molar refractivity (Wildman–Crippen MR) is 202 cm³/mol. The van der Waals surface area contributed by atoms with Gasteiger partial charge in [-0.1, -0.05) is 131 Å². The van der Waals surface area contributed by atoms with Crippen LogP contribution in [-0.4, -0.2) is 14.5 Å². The molecule has 0 saturated carbocycles. The number of rotatable bonds is 3. The summed E-state index contributed by atoms with van der Waals surface area (Å²) >= 11 is 0. The first-order valence-electron chi connectivity index (χ1n) is 17.2. The average Bonchev–Trinajstić information content (AvgIpc) is 3.69. The van der Waals surface area contributed by atoms with Gasteiger partial charge in [0.25, 0.3) is 0 Å². The van der Waals surface area contributed by atoms with Gasteiger partial charge in [0, 0.05) is 44.0 Å². The van der Waals surface area contributed by atoms with Gasteiger partial charge >= 0.3 is 0 Å². The molecule has 0 fully saturated rings. The highest BCUT2D eigenvalue weighted by Crippen LogP contribution is 2.54. The van der Waals surface area contributed by atoms with Crippen LogP contribution in [0, 0.1) is 0 Å². The summed E-state index contributed by atoms with van der Waals surface area (Å²) in [6, 6.07) is 50.5. The van der Waals surface area contributed by atoms with Gasteiger partial charge in [-0.05, 0) is 69.8 Å². The van der Waals surface area contributed by atoms with Crippen molar-refractivity contribution in [3.63, 3.8) is 0 Å². The number of fused-ring (bicyclic) bond motifs is 10. The van der Waals surface area contributed by atoms with Crippen LogP contribution in [0.1, 0.15) is 50.1 Å². The molecule has 3 nitrogen and oxygen atoms in total. The maximum absolute atomic E-state index is 5.33. The molecule has 0 amide bonds. The third kappa shape index (κ3) is 3.79. The van der Waals surface area contributed by atoms with E-state index < -0.39 is 0 Å². The topological polar surface area (TPSA) is 30.7 Å². The van der Waals surface area contributed by atoms with Crippen LogP contribution < -0.4 is 0 Å². The van der Waals surface area contributed by atoms with Crippen molar-refractivity contribution in [1.82, 2.24) is 14.5 Å². The Balaban J connectivity index is 1.15. The lowest BCUT2D eigenvalue weighted by Crippen LogP contribution is -2.17. The van der Waals surface area contributed by atoms with Crippen molar-refractivity contribution >= 4 is 21.8 Å². The average molecular weight is 630 g/mol. The SMILES string of the molecule is CC1(C)c2ccccc2-c2c(-c3ccccc3)nc(-c3ccc(-n4c5ccccc5c5c6c(ccc54)-c4ccccc4C6(C)C)cc3)nc21. The third-order valence-electron chi connectivity index (χ3n) is 11.2. The fourth-order valence-corrected chi connectivity index (χ4v) is 8.85. The molecule has 2 aromatic heterocycles. The van der Waals surface area contributed by atoms with Crippen LogP contribution in [0.5, 0.6) is 0 Å². The van der Waals surface area contributed by atoms with E-state index in [0.29, 0.717) is 0 Å². The van der Waals surface area contributed by atoms with Crippen molar-refractivity contribution in [1.29, 1.82) is 0 Å². The van der Waals surface area contributed by atoms with Crippen LogP contribution in [-0.2, 0) is 10.8 Å². The molecule has 2 aliphatic rings. The number of nitrogens with zero attached hydrogens (tertiary/aromatic N) is 3. The Morgan fingerprint density at radius 2 is 1.14 bits per heavy atom. The minimum Gasteiger partial charge on any atom is -0.309 e. The summed E-state index contributed by atoms with van der Waals surface area (Å²) in [5, 5.41) is 2.63. The van der Waals surface area contributed by atoms with Gasteiger partial charge < -0.3 is 4.57 Å². The lowest BCUT2D eigenvalue weighted by molar-refractivity contribution is 0.636. The van der Waals surface area contributed by atoms with Gasteiger partial charge in [-0.3, -0.25) is 0 Å². The monoisotopic (exact) mass is 629 g/mol. The van der Waals surface area contributed by atoms with Crippen molar-refractivity contribution in [3.8, 4) is 50.6 Å². The first kappa shape index (κ1) is 28.2. The number of benzene rings is 6. The Morgan fingerprint density at radius 3 is 1.92 bits per heavy atom. The van der Waals surface area contributed by atoms with Gasteiger partial charge in [-0.15, -0.1) is 0 Å². The quantitative estimate of drug-likeness (QED) is 0.195. The van der Waals surface area contributed by atoms with Gasteiger partial charge in [0.15, 0.2) is 5.82 Å². The predicted octanol–water partition coefficient (Wildman–Crippen LogP) is 11.5. The lowest BCUT2D eigenvalue weighted by atomic mass is 9.80. The molecule has 0 radical (unpaired) electrons. The molecule has 0 N–H and O–H groups in total. The summed E-state index contributed by atoms with van der Waals surface area (Å²) in [6.07, 6.45) is 0. The summed E-state index contributed by atoms with van der Waals surface area (Å²) in [5.41, 5.74) is 16.6. The molecule has 8 aromatic rings. The molecule has 0 bridgehead atoms. The molecule has 234 valence electrons. The first-order chi connectivity index (χ1) is 23.8. The van der Waals surface area contributed by atoms with Crippen molar-refractivity contribution in [3.05, 3.63) is 162 Å². The minimum atomic E-state index is -0.232. The summed E-state index contributed by atoms with van der Waals surface area (Å²) in [5.74, 6) is 0.754. The second kappa shape index (κ2) is 9.87. The second-order valence-electron chi connectivity index (χ2n) is 14.6. The summed E-state index contributed by atoms with van der Waals surface area (Å²) in [6.45, 7) is 9.31. The molecular weight excluding hydrogens is 595 g/mol. The smallest absolute Gasteiger partial charge is 0.160 e. The van der Waals surface area contributed by atoms with E-state index in [0.717, 1.165) is 39.6 Å². The van der Waals surface area contributed by atoms with E-state index in [9.17, 15) is 0 Å². The van der Waals surface area contributed by atoms with Crippen molar-refractivity contribution in [2.45, 2.75) is 38.5 Å². The first-order valence-corrected chi connectivity index (χ1v) is 17.2. The Labute approximate surface area is 286 Å². The standard InChI is InChI=1S/C46H35N3/c1-45(2)35-19-11-8-16-31(35)32-26-27-38-39(41(32)45)34-18-10-13-21-37(34)49(38)30-24-22-29(23-25-30)44-47-42(28-14-6-5-7-15-28)40-33-17-9-12-20-36(33)46(3,4)43(40)48-44/h5-27H,1-4H3. The van der Waals surface area contributed by atoms with E-state index in [4.69, 9.17) is 9.97 Å². The lowest BCUT2D eigenvalue weighted by Gasteiger charge is -2.22. The van der Waals surface area contributed by atoms with Crippen molar-refractivity contribution in [2.75, 3.05) is 0 Å². The number of hydrogen-bond acceptors (Lipinski definition) is 2. The zero-order valence-corrected chi connectivity index (χ0v) is 28.1. The van der Waals surface area contributed by atoms with Crippen LogP contribution in [0.2, 0.25) is 0 Å². The Kier molecular flexibility index (Phi) is 5.69. The summed E-state index contributed by atoms with van der Waals surface area (Å²) < 4.78 is 2.42. The van der Waals surface area contributed by atoms with Gasteiger partial charge in [0.05, 0.1) is 22.4 Å². The molecule has 0 spiro atoms. The second-order valence-corrected chi connectivity index (χ2v) is 14.6. The van der Waals surface area contributed by atoms with Crippen LogP contribution >= 0.6 is 0 Å². The van der Waals surface area contributed by atoms with Crippen LogP contribution in [0.3, 0.4) is 0 Å². The van der Waals surface area contributed by atoms with Crippen LogP contribution in [0.4, 0.5) is 0 Å². The highest BCUT2D eigenvalue weighted by Gasteiger charge is 2.40. The Bertz CT molecular complexity index is 2640. The van der Waals surface area contributed by atoms with Gasteiger partial charge in [-0.25, -0.2) is 9.97 Å². The van der Waals surface area contributed by atoms with Gasteiger partial charge in [0.1, 0.15) is 0 Å². The fourth-order valence-electron chi connectivity index (χ4n) is 8.85. The van der Waals surface area contributed by atoms with E-state index in [-0.39, 0.29) is 10.8 Å². The van der Waals surface area contributed by atoms with E-state index in [2.05, 4.69) is 172 Å². The molecule has 49 heavy (non-hydrogen) atoms. The van der Waals surface area contributed by atoms with E-state index in [1.54, 1.807) is 0 Å². The van der Waals surface area contributed by atoms with Gasteiger partial charge in [-0.2, -0.15) is 0 Å². The molecule has 0 unspecified atom stereocenters. The molecule has 0 saturated heterocycles. The number of hydrogen-bond donors (Lipinski definition) is 0. The van der Waals surface area contributed by atoms with Crippen molar-refractivity contribution < 1.29 is 0 Å². The maximum atomic E-state index is 5.33. The van der Waals surface area contributed by atoms with Crippen LogP contribution in [0.15, 0.2) is 140 Å². The number of aromatic nitrogens is 3. The van der Waals surface area contributed by atoms with Crippen molar-refractivity contribution in [2.24, 2.45) is 0 Å². The molecule has 3 heteroatoms. The molecule has 6 aromatic carbocycles. The van der Waals surface area contributed by atoms with Crippen LogP contribution in [0.25, 0.3) is 72.4 Å². The van der Waals surface area contributed by atoms with E-state index in [1.165, 1.54) is 55.2 Å². The molecule has 0 aliphatic heterocycles. The third-order valence-corrected chi connectivity index (χ3v) is 11.2. The molecule has 0 atom stereocenters. The molecule has 2 heterocycles. The number of para-hydroxylation sites is 1. The molecule has 2 aliphatic carbocycles. The summed E-state index contributed by atoms with van der Waals surface area (Å²) in [7, 11) is 0. The zero-order chi connectivity index (χ0) is 33.1. The normalized spacial score (nSPS) is 14.9. The minimum absolute atomic E-state index is 0.0982. The maximum Gasteiger partial charge on any atom is 0.160 e. The highest BCUT2D eigenvalue weighted by atomic mass is 15.0. The highest BCUT2D eigenvalue weighted by molar-refractivity contribution is 6.14. The van der Waals surface area contributed by atoms with E-state index >= 15 is 0 Å². The largest absolute Gasteiger partial charge is 0.309 e. The van der Waals surface area contributed by atoms with Gasteiger partial charge in [0.2, 0.25) is 0 Å². The fraction of sp³-hybridized carbons (Fsp3) is 0.130. The summed E-state index contributed by atoms with van der Waals surface area (Å²) in [4.78, 5) is 10.6.